The molecule has 0 saturated carbocycles. The van der Waals surface area contributed by atoms with Crippen molar-refractivity contribution in [1.82, 2.24) is 10.2 Å². The fraction of sp³-hybridized carbons (Fsp3) is 0.562. The number of rotatable bonds is 3. The Morgan fingerprint density at radius 1 is 1.36 bits per heavy atom. The minimum Gasteiger partial charge on any atom is -0.508 e. The number of fused-ring (bicyclic) bond motifs is 1. The molecule has 120 valence electrons. The topological polar surface area (TPSA) is 52.6 Å². The lowest BCUT2D eigenvalue weighted by Crippen LogP contribution is -2.44. The minimum absolute atomic E-state index is 0.0495. The van der Waals surface area contributed by atoms with Crippen LogP contribution in [0, 0.1) is 5.92 Å². The summed E-state index contributed by atoms with van der Waals surface area (Å²) in [5.41, 5.74) is 0.682. The smallest absolute Gasteiger partial charge is 0.223 e. The summed E-state index contributed by atoms with van der Waals surface area (Å²) in [6.07, 6.45) is 2.43. The zero-order valence-corrected chi connectivity index (χ0v) is 14.0. The lowest BCUT2D eigenvalue weighted by molar-refractivity contribution is -0.136. The van der Waals surface area contributed by atoms with Crippen LogP contribution in [0.4, 0.5) is 0 Å². The molecule has 0 aliphatic carbocycles. The maximum atomic E-state index is 12.4. The number of aromatic hydroxyl groups is 1. The van der Waals surface area contributed by atoms with Crippen molar-refractivity contribution in [2.75, 3.05) is 20.1 Å². The van der Waals surface area contributed by atoms with Gasteiger partial charge in [-0.1, -0.05) is 23.2 Å². The van der Waals surface area contributed by atoms with E-state index in [0.717, 1.165) is 19.4 Å². The molecule has 1 aromatic carbocycles. The van der Waals surface area contributed by atoms with Crippen molar-refractivity contribution in [2.24, 2.45) is 5.92 Å². The van der Waals surface area contributed by atoms with Crippen LogP contribution in [-0.4, -0.2) is 42.1 Å². The van der Waals surface area contributed by atoms with Gasteiger partial charge >= 0.3 is 0 Å². The molecule has 0 bridgehead atoms. The summed E-state index contributed by atoms with van der Waals surface area (Å²) in [6, 6.07) is 3.41. The number of carbonyl (C=O) groups is 1. The van der Waals surface area contributed by atoms with Gasteiger partial charge in [0.1, 0.15) is 5.75 Å². The predicted octanol–water partition coefficient (Wildman–Crippen LogP) is 3.01. The number of phenols is 1. The Kier molecular flexibility index (Phi) is 4.53. The lowest BCUT2D eigenvalue weighted by Gasteiger charge is -2.34. The van der Waals surface area contributed by atoms with Gasteiger partial charge in [-0.05, 0) is 44.5 Å². The van der Waals surface area contributed by atoms with Gasteiger partial charge < -0.3 is 15.3 Å². The minimum atomic E-state index is 0.0495. The van der Waals surface area contributed by atoms with Crippen molar-refractivity contribution in [3.63, 3.8) is 0 Å². The quantitative estimate of drug-likeness (QED) is 0.887. The molecule has 2 aliphatic rings. The monoisotopic (exact) mass is 342 g/mol. The van der Waals surface area contributed by atoms with E-state index in [0.29, 0.717) is 34.5 Å². The molecule has 1 amide bonds. The summed E-state index contributed by atoms with van der Waals surface area (Å²) in [5.74, 6) is 0.810. The van der Waals surface area contributed by atoms with E-state index in [9.17, 15) is 9.90 Å². The molecule has 2 saturated heterocycles. The van der Waals surface area contributed by atoms with Gasteiger partial charge in [0.2, 0.25) is 5.91 Å². The van der Waals surface area contributed by atoms with E-state index >= 15 is 0 Å². The molecule has 2 fully saturated rings. The van der Waals surface area contributed by atoms with Gasteiger partial charge in [-0.3, -0.25) is 4.79 Å². The fourth-order valence-electron chi connectivity index (χ4n) is 3.88. The first kappa shape index (κ1) is 15.9. The molecular weight excluding hydrogens is 323 g/mol. The average molecular weight is 343 g/mol. The molecular formula is C16H20Cl2N2O2. The average Bonchev–Trinajstić information content (AvgIpc) is 2.88. The zero-order chi connectivity index (χ0) is 15.9. The molecule has 3 rings (SSSR count). The van der Waals surface area contributed by atoms with Crippen molar-refractivity contribution in [3.05, 3.63) is 27.7 Å². The Balaban J connectivity index is 1.83. The summed E-state index contributed by atoms with van der Waals surface area (Å²) >= 11 is 12.4. The third-order valence-corrected chi connectivity index (χ3v) is 5.63. The highest BCUT2D eigenvalue weighted by atomic mass is 35.5. The highest BCUT2D eigenvalue weighted by Gasteiger charge is 2.42. The second kappa shape index (κ2) is 6.26. The Morgan fingerprint density at radius 2 is 2.14 bits per heavy atom. The van der Waals surface area contributed by atoms with Gasteiger partial charge in [-0.2, -0.15) is 0 Å². The number of halogens is 2. The van der Waals surface area contributed by atoms with Crippen molar-refractivity contribution in [1.29, 1.82) is 0 Å². The van der Waals surface area contributed by atoms with Gasteiger partial charge in [-0.25, -0.2) is 0 Å². The van der Waals surface area contributed by atoms with E-state index in [1.807, 2.05) is 11.9 Å². The molecule has 0 unspecified atom stereocenters. The molecule has 0 aromatic heterocycles. The van der Waals surface area contributed by atoms with Crippen molar-refractivity contribution in [3.8, 4) is 5.75 Å². The van der Waals surface area contributed by atoms with Gasteiger partial charge in [0.05, 0.1) is 10.0 Å². The summed E-state index contributed by atoms with van der Waals surface area (Å²) in [6.45, 7) is 1.48. The molecule has 3 atom stereocenters. The summed E-state index contributed by atoms with van der Waals surface area (Å²) in [7, 11) is 1.91. The second-order valence-corrected chi connectivity index (χ2v) is 7.08. The first-order valence-electron chi connectivity index (χ1n) is 7.62. The number of hydrogen-bond donors (Lipinski definition) is 2. The number of nitrogens with zero attached hydrogens (tertiary/aromatic N) is 1. The molecule has 0 radical (unpaired) electrons. The molecule has 2 heterocycles. The van der Waals surface area contributed by atoms with E-state index in [4.69, 9.17) is 23.2 Å². The number of carbonyl (C=O) groups excluding carboxylic acids is 1. The third-order valence-electron chi connectivity index (χ3n) is 4.81. The van der Waals surface area contributed by atoms with E-state index < -0.39 is 0 Å². The highest BCUT2D eigenvalue weighted by molar-refractivity contribution is 6.42. The third kappa shape index (κ3) is 2.80. The Morgan fingerprint density at radius 3 is 2.86 bits per heavy atom. The van der Waals surface area contributed by atoms with Crippen LogP contribution in [0.25, 0.3) is 0 Å². The van der Waals surface area contributed by atoms with E-state index in [1.165, 1.54) is 0 Å². The Bertz CT molecular complexity index is 594. The van der Waals surface area contributed by atoms with Crippen LogP contribution in [-0.2, 0) is 4.79 Å². The van der Waals surface area contributed by atoms with Crippen LogP contribution in [0.15, 0.2) is 12.1 Å². The molecule has 1 aromatic rings. The number of nitrogens with one attached hydrogen (secondary N) is 1. The lowest BCUT2D eigenvalue weighted by atomic mass is 9.88. The maximum absolute atomic E-state index is 12.4. The van der Waals surface area contributed by atoms with Crippen molar-refractivity contribution < 1.29 is 9.90 Å². The Hall–Kier alpha value is -0.970. The molecule has 4 nitrogen and oxygen atoms in total. The summed E-state index contributed by atoms with van der Waals surface area (Å²) < 4.78 is 0. The van der Waals surface area contributed by atoms with Gasteiger partial charge in [0, 0.05) is 30.5 Å². The highest BCUT2D eigenvalue weighted by Crippen LogP contribution is 2.45. The predicted molar refractivity (Wildman–Crippen MR) is 87.6 cm³/mol. The van der Waals surface area contributed by atoms with Crippen LogP contribution >= 0.6 is 23.2 Å². The van der Waals surface area contributed by atoms with Crippen LogP contribution < -0.4 is 5.32 Å². The van der Waals surface area contributed by atoms with E-state index in [-0.39, 0.29) is 23.6 Å². The van der Waals surface area contributed by atoms with Crippen LogP contribution in [0.5, 0.6) is 5.75 Å². The first-order chi connectivity index (χ1) is 10.5. The zero-order valence-electron chi connectivity index (χ0n) is 12.5. The fourth-order valence-corrected chi connectivity index (χ4v) is 4.35. The summed E-state index contributed by atoms with van der Waals surface area (Å²) in [5, 5.41) is 14.2. The van der Waals surface area contributed by atoms with E-state index in [2.05, 4.69) is 5.32 Å². The molecule has 22 heavy (non-hydrogen) atoms. The number of benzene rings is 1. The molecule has 6 heteroatoms. The Labute approximate surface area is 140 Å². The number of hydrogen-bond acceptors (Lipinski definition) is 3. The summed E-state index contributed by atoms with van der Waals surface area (Å²) in [4.78, 5) is 14.3. The van der Waals surface area contributed by atoms with E-state index in [1.54, 1.807) is 12.1 Å². The number of piperidine rings is 1. The normalized spacial score (nSPS) is 28.0. The van der Waals surface area contributed by atoms with Gasteiger partial charge in [0.25, 0.3) is 0 Å². The first-order valence-corrected chi connectivity index (χ1v) is 8.37. The number of amides is 1. The van der Waals surface area contributed by atoms with Crippen LogP contribution in [0.3, 0.4) is 0 Å². The van der Waals surface area contributed by atoms with Crippen molar-refractivity contribution in [2.45, 2.75) is 31.2 Å². The van der Waals surface area contributed by atoms with Gasteiger partial charge in [0.15, 0.2) is 0 Å². The van der Waals surface area contributed by atoms with Crippen molar-refractivity contribution >= 4 is 29.1 Å². The van der Waals surface area contributed by atoms with Crippen LogP contribution in [0.2, 0.25) is 10.0 Å². The second-order valence-electron chi connectivity index (χ2n) is 6.29. The largest absolute Gasteiger partial charge is 0.508 e. The maximum Gasteiger partial charge on any atom is 0.223 e. The number of phenolic OH excluding ortho intramolecular Hbond substituents is 1. The standard InChI is InChI=1S/C16H20Cl2N2O2/c1-19-7-9-4-11-6-10(8-20(11)14(22)5-9)15-13(21)3-2-12(17)16(15)18/h2-3,9-11,19,21H,4-8H2,1H3/t9-,10-,11+/m0/s1. The van der Waals surface area contributed by atoms with Gasteiger partial charge in [-0.15, -0.1) is 0 Å². The molecule has 2 aliphatic heterocycles. The SMILES string of the molecule is CNC[C@@H]1CC(=O)N2C[C@@H](c3c(O)ccc(Cl)c3Cl)C[C@H]2C1. The van der Waals surface area contributed by atoms with Crippen LogP contribution in [0.1, 0.15) is 30.7 Å². The molecule has 0 spiro atoms. The molecule has 2 N–H and O–H groups in total.